The first-order chi connectivity index (χ1) is 7.65. The van der Waals surface area contributed by atoms with Gasteiger partial charge in [-0.1, -0.05) is 11.6 Å². The highest BCUT2D eigenvalue weighted by atomic mass is 35.5. The molecule has 0 radical (unpaired) electrons. The Morgan fingerprint density at radius 3 is 2.94 bits per heavy atom. The standard InChI is InChI=1S/C11H11ClFN3/c1-16-7-8(6-15-16)5-14-11-3-2-9(12)4-10(11)13/h2-4,6-7,14H,5H2,1H3. The second-order valence-corrected chi connectivity index (χ2v) is 3.94. The van der Waals surface area contributed by atoms with Gasteiger partial charge in [-0.25, -0.2) is 4.39 Å². The van der Waals surface area contributed by atoms with Crippen molar-refractivity contribution in [2.75, 3.05) is 5.32 Å². The molecule has 1 aromatic heterocycles. The van der Waals surface area contributed by atoms with E-state index in [0.717, 1.165) is 5.56 Å². The van der Waals surface area contributed by atoms with Gasteiger partial charge in [0.2, 0.25) is 0 Å². The van der Waals surface area contributed by atoms with Crippen LogP contribution in [0.5, 0.6) is 0 Å². The molecule has 2 rings (SSSR count). The van der Waals surface area contributed by atoms with Gasteiger partial charge in [0.1, 0.15) is 5.82 Å². The zero-order valence-electron chi connectivity index (χ0n) is 8.74. The molecule has 0 aliphatic carbocycles. The number of halogens is 2. The van der Waals surface area contributed by atoms with Crippen molar-refractivity contribution in [2.45, 2.75) is 6.54 Å². The lowest BCUT2D eigenvalue weighted by molar-refractivity contribution is 0.630. The third-order valence-corrected chi connectivity index (χ3v) is 2.41. The minimum atomic E-state index is -0.351. The Kier molecular flexibility index (Phi) is 3.10. The molecule has 0 aliphatic heterocycles. The van der Waals surface area contributed by atoms with Gasteiger partial charge >= 0.3 is 0 Å². The number of hydrogen-bond donors (Lipinski definition) is 1. The number of hydrogen-bond acceptors (Lipinski definition) is 2. The number of nitrogens with one attached hydrogen (secondary N) is 1. The summed E-state index contributed by atoms with van der Waals surface area (Å²) < 4.78 is 15.1. The minimum absolute atomic E-state index is 0.351. The smallest absolute Gasteiger partial charge is 0.147 e. The summed E-state index contributed by atoms with van der Waals surface area (Å²) in [6.07, 6.45) is 3.61. The van der Waals surface area contributed by atoms with E-state index in [9.17, 15) is 4.39 Å². The molecule has 0 saturated heterocycles. The van der Waals surface area contributed by atoms with E-state index in [4.69, 9.17) is 11.6 Å². The van der Waals surface area contributed by atoms with Gasteiger partial charge in [-0.2, -0.15) is 5.10 Å². The summed E-state index contributed by atoms with van der Waals surface area (Å²) in [5.41, 5.74) is 1.44. The van der Waals surface area contributed by atoms with Crippen molar-refractivity contribution in [3.8, 4) is 0 Å². The normalized spacial score (nSPS) is 10.4. The maximum atomic E-state index is 13.4. The number of rotatable bonds is 3. The molecule has 1 N–H and O–H groups in total. The van der Waals surface area contributed by atoms with Crippen LogP contribution in [0.1, 0.15) is 5.56 Å². The van der Waals surface area contributed by atoms with Gasteiger partial charge in [0.05, 0.1) is 11.9 Å². The van der Waals surface area contributed by atoms with Gasteiger partial charge in [0.25, 0.3) is 0 Å². The lowest BCUT2D eigenvalue weighted by Gasteiger charge is -2.05. The van der Waals surface area contributed by atoms with Crippen LogP contribution in [-0.2, 0) is 13.6 Å². The molecule has 1 aromatic carbocycles. The van der Waals surface area contributed by atoms with E-state index < -0.39 is 0 Å². The zero-order chi connectivity index (χ0) is 11.5. The van der Waals surface area contributed by atoms with Gasteiger partial charge in [-0.3, -0.25) is 4.68 Å². The van der Waals surface area contributed by atoms with E-state index in [0.29, 0.717) is 17.3 Å². The lowest BCUT2D eigenvalue weighted by atomic mass is 10.3. The average Bonchev–Trinajstić information content (AvgIpc) is 2.63. The predicted molar refractivity (Wildman–Crippen MR) is 61.9 cm³/mol. The highest BCUT2D eigenvalue weighted by molar-refractivity contribution is 6.30. The molecule has 84 valence electrons. The molecule has 5 heteroatoms. The average molecular weight is 240 g/mol. The van der Waals surface area contributed by atoms with Crippen LogP contribution >= 0.6 is 11.6 Å². The fraction of sp³-hybridized carbons (Fsp3) is 0.182. The molecule has 0 amide bonds. The quantitative estimate of drug-likeness (QED) is 0.893. The Morgan fingerprint density at radius 1 is 1.50 bits per heavy atom. The number of nitrogens with zero attached hydrogens (tertiary/aromatic N) is 2. The van der Waals surface area contributed by atoms with Crippen molar-refractivity contribution in [2.24, 2.45) is 7.05 Å². The van der Waals surface area contributed by atoms with Crippen molar-refractivity contribution >= 4 is 17.3 Å². The van der Waals surface area contributed by atoms with Crippen molar-refractivity contribution in [3.05, 3.63) is 47.0 Å². The summed E-state index contributed by atoms with van der Waals surface area (Å²) in [5.74, 6) is -0.351. The molecule has 1 heterocycles. The molecule has 3 nitrogen and oxygen atoms in total. The third kappa shape index (κ3) is 2.52. The SMILES string of the molecule is Cn1cc(CNc2ccc(Cl)cc2F)cn1. The van der Waals surface area contributed by atoms with Crippen LogP contribution in [0.3, 0.4) is 0 Å². The second-order valence-electron chi connectivity index (χ2n) is 3.50. The Bertz CT molecular complexity index is 496. The number of aromatic nitrogens is 2. The molecule has 0 fully saturated rings. The highest BCUT2D eigenvalue weighted by Gasteiger charge is 2.02. The molecule has 16 heavy (non-hydrogen) atoms. The van der Waals surface area contributed by atoms with Crippen LogP contribution in [0.25, 0.3) is 0 Å². The Hall–Kier alpha value is -1.55. The van der Waals surface area contributed by atoms with E-state index in [-0.39, 0.29) is 5.82 Å². The van der Waals surface area contributed by atoms with Crippen LogP contribution in [0.4, 0.5) is 10.1 Å². The number of aryl methyl sites for hydroxylation is 1. The summed E-state index contributed by atoms with van der Waals surface area (Å²) >= 11 is 5.66. The van der Waals surface area contributed by atoms with E-state index in [2.05, 4.69) is 10.4 Å². The van der Waals surface area contributed by atoms with Crippen LogP contribution in [-0.4, -0.2) is 9.78 Å². The minimum Gasteiger partial charge on any atom is -0.378 e. The molecule has 0 unspecified atom stereocenters. The first-order valence-electron chi connectivity index (χ1n) is 4.81. The Morgan fingerprint density at radius 2 is 2.31 bits per heavy atom. The van der Waals surface area contributed by atoms with Crippen LogP contribution in [0, 0.1) is 5.82 Å². The van der Waals surface area contributed by atoms with Crippen LogP contribution in [0.2, 0.25) is 5.02 Å². The zero-order valence-corrected chi connectivity index (χ0v) is 9.50. The molecule has 0 bridgehead atoms. The molecule has 2 aromatic rings. The second kappa shape index (κ2) is 4.53. The fourth-order valence-corrected chi connectivity index (χ4v) is 1.55. The first-order valence-corrected chi connectivity index (χ1v) is 5.19. The molecule has 0 spiro atoms. The maximum absolute atomic E-state index is 13.4. The highest BCUT2D eigenvalue weighted by Crippen LogP contribution is 2.19. The lowest BCUT2D eigenvalue weighted by Crippen LogP contribution is -2.00. The van der Waals surface area contributed by atoms with Gasteiger partial charge < -0.3 is 5.32 Å². The van der Waals surface area contributed by atoms with E-state index in [1.165, 1.54) is 6.07 Å². The molecule has 0 aliphatic rings. The summed E-state index contributed by atoms with van der Waals surface area (Å²) in [4.78, 5) is 0. The van der Waals surface area contributed by atoms with Crippen molar-refractivity contribution in [1.29, 1.82) is 0 Å². The largest absolute Gasteiger partial charge is 0.378 e. The Labute approximate surface area is 97.8 Å². The van der Waals surface area contributed by atoms with Gasteiger partial charge in [-0.05, 0) is 18.2 Å². The summed E-state index contributed by atoms with van der Waals surface area (Å²) in [6, 6.07) is 4.55. The van der Waals surface area contributed by atoms with Gasteiger partial charge in [0, 0.05) is 30.4 Å². The third-order valence-electron chi connectivity index (χ3n) is 2.17. The van der Waals surface area contributed by atoms with E-state index in [1.807, 2.05) is 13.2 Å². The number of anilines is 1. The van der Waals surface area contributed by atoms with Crippen molar-refractivity contribution in [3.63, 3.8) is 0 Å². The summed E-state index contributed by atoms with van der Waals surface area (Å²) in [5, 5.41) is 7.40. The fourth-order valence-electron chi connectivity index (χ4n) is 1.39. The van der Waals surface area contributed by atoms with Crippen LogP contribution in [0.15, 0.2) is 30.6 Å². The van der Waals surface area contributed by atoms with Crippen LogP contribution < -0.4 is 5.32 Å². The van der Waals surface area contributed by atoms with E-state index >= 15 is 0 Å². The number of benzene rings is 1. The topological polar surface area (TPSA) is 29.9 Å². The molecular weight excluding hydrogens is 229 g/mol. The monoisotopic (exact) mass is 239 g/mol. The van der Waals surface area contributed by atoms with Crippen molar-refractivity contribution in [1.82, 2.24) is 9.78 Å². The molecule has 0 saturated carbocycles. The first kappa shape index (κ1) is 11.0. The molecule has 0 atom stereocenters. The van der Waals surface area contributed by atoms with Gasteiger partial charge in [-0.15, -0.1) is 0 Å². The van der Waals surface area contributed by atoms with Crippen molar-refractivity contribution < 1.29 is 4.39 Å². The molecular formula is C11H11ClFN3. The van der Waals surface area contributed by atoms with E-state index in [1.54, 1.807) is 23.0 Å². The maximum Gasteiger partial charge on any atom is 0.147 e. The summed E-state index contributed by atoms with van der Waals surface area (Å²) in [7, 11) is 1.84. The predicted octanol–water partition coefficient (Wildman–Crippen LogP) is 2.82. The summed E-state index contributed by atoms with van der Waals surface area (Å²) in [6.45, 7) is 0.534. The Balaban J connectivity index is 2.04. The van der Waals surface area contributed by atoms with Gasteiger partial charge in [0.15, 0.2) is 0 Å².